The lowest BCUT2D eigenvalue weighted by Crippen LogP contribution is -2.13. The van der Waals surface area contributed by atoms with Gasteiger partial charge in [0.2, 0.25) is 0 Å². The van der Waals surface area contributed by atoms with Gasteiger partial charge in [-0.3, -0.25) is 4.79 Å². The molecular weight excluding hydrogens is 317 g/mol. The molecule has 0 amide bonds. The van der Waals surface area contributed by atoms with Crippen LogP contribution in [0.5, 0.6) is 0 Å². The lowest BCUT2D eigenvalue weighted by atomic mass is 9.81. The van der Waals surface area contributed by atoms with Gasteiger partial charge in [0.05, 0.1) is 0 Å². The maximum Gasteiger partial charge on any atom is 0.156 e. The average Bonchev–Trinajstić information content (AvgIpc) is 3.12. The Kier molecular flexibility index (Phi) is 3.98. The van der Waals surface area contributed by atoms with Gasteiger partial charge in [0.1, 0.15) is 17.2 Å². The summed E-state index contributed by atoms with van der Waals surface area (Å²) in [5.41, 5.74) is 4.21. The van der Waals surface area contributed by atoms with Gasteiger partial charge in [0, 0.05) is 12.0 Å². The summed E-state index contributed by atoms with van der Waals surface area (Å²) in [7, 11) is 0. The summed E-state index contributed by atoms with van der Waals surface area (Å²) in [5.74, 6) is -0.199. The Morgan fingerprint density at radius 3 is 2.40 bits per heavy atom. The summed E-state index contributed by atoms with van der Waals surface area (Å²) < 4.78 is 13.2. The quantitative estimate of drug-likeness (QED) is 0.783. The maximum atomic E-state index is 13.2. The topological polar surface area (TPSA) is 58.6 Å². The van der Waals surface area contributed by atoms with Crippen molar-refractivity contribution in [1.82, 2.24) is 15.4 Å². The van der Waals surface area contributed by atoms with Crippen LogP contribution in [0.4, 0.5) is 4.39 Å². The van der Waals surface area contributed by atoms with Crippen molar-refractivity contribution in [2.45, 2.75) is 18.8 Å². The number of halogens is 1. The lowest BCUT2D eigenvalue weighted by molar-refractivity contribution is -0.115. The number of hydrogen-bond acceptors (Lipinski definition) is 3. The van der Waals surface area contributed by atoms with Crippen LogP contribution in [0.25, 0.3) is 16.8 Å². The lowest BCUT2D eigenvalue weighted by Gasteiger charge is -2.22. The molecule has 0 unspecified atom stereocenters. The number of hydrogen-bond donors (Lipinski definition) is 1. The summed E-state index contributed by atoms with van der Waals surface area (Å²) in [6.45, 7) is 0. The van der Waals surface area contributed by atoms with Gasteiger partial charge in [0.15, 0.2) is 5.78 Å². The normalized spacial score (nSPS) is 17.4. The highest BCUT2D eigenvalue weighted by Crippen LogP contribution is 2.37. The fourth-order valence-electron chi connectivity index (χ4n) is 3.28. The fraction of sp³-hybridized carbons (Fsp3) is 0.150. The summed E-state index contributed by atoms with van der Waals surface area (Å²) in [6.07, 6.45) is 2.75. The van der Waals surface area contributed by atoms with Crippen LogP contribution >= 0.6 is 0 Å². The van der Waals surface area contributed by atoms with E-state index in [0.717, 1.165) is 22.4 Å². The molecule has 3 aromatic rings. The van der Waals surface area contributed by atoms with Gasteiger partial charge in [0.25, 0.3) is 0 Å². The van der Waals surface area contributed by atoms with E-state index in [1.807, 2.05) is 30.3 Å². The molecule has 0 fully saturated rings. The number of aromatic nitrogens is 3. The van der Waals surface area contributed by atoms with E-state index in [2.05, 4.69) is 15.4 Å². The molecule has 0 aliphatic heterocycles. The van der Waals surface area contributed by atoms with Crippen LogP contribution in [-0.2, 0) is 4.79 Å². The predicted molar refractivity (Wildman–Crippen MR) is 93.2 cm³/mol. The minimum absolute atomic E-state index is 0.0217. The van der Waals surface area contributed by atoms with Crippen molar-refractivity contribution < 1.29 is 9.18 Å². The molecule has 124 valence electrons. The Hall–Kier alpha value is -3.08. The molecule has 1 atom stereocenters. The van der Waals surface area contributed by atoms with Gasteiger partial charge in [-0.2, -0.15) is 15.4 Å². The first-order valence-electron chi connectivity index (χ1n) is 8.16. The first kappa shape index (κ1) is 15.4. The SMILES string of the molecule is O=C1C=C(c2n[nH]nc2-c2ccccc2)C[C@@H](c2ccc(F)cc2)C1. The first-order chi connectivity index (χ1) is 12.2. The van der Waals surface area contributed by atoms with Crippen LogP contribution in [0, 0.1) is 5.82 Å². The Balaban J connectivity index is 1.68. The van der Waals surface area contributed by atoms with Gasteiger partial charge in [-0.15, -0.1) is 0 Å². The zero-order chi connectivity index (χ0) is 17.2. The van der Waals surface area contributed by atoms with E-state index in [-0.39, 0.29) is 17.5 Å². The molecule has 4 nitrogen and oxygen atoms in total. The molecule has 0 saturated carbocycles. The van der Waals surface area contributed by atoms with Crippen molar-refractivity contribution in [3.05, 3.63) is 77.7 Å². The van der Waals surface area contributed by atoms with E-state index >= 15 is 0 Å². The maximum absolute atomic E-state index is 13.2. The number of aromatic amines is 1. The van der Waals surface area contributed by atoms with Crippen LogP contribution in [0.1, 0.15) is 30.0 Å². The Labute approximate surface area is 144 Å². The molecule has 0 saturated heterocycles. The highest BCUT2D eigenvalue weighted by Gasteiger charge is 2.26. The van der Waals surface area contributed by atoms with E-state index in [0.29, 0.717) is 18.5 Å². The third-order valence-corrected chi connectivity index (χ3v) is 4.49. The number of H-pyrrole nitrogens is 1. The molecule has 5 heteroatoms. The standard InChI is InChI=1S/C20H16FN3O/c21-17-8-6-13(7-9-17)15-10-16(12-18(25)11-15)20-19(22-24-23-20)14-4-2-1-3-5-14/h1-9,12,15H,10-11H2,(H,22,23,24)/t15-/m1/s1. The largest absolute Gasteiger partial charge is 0.295 e. The van der Waals surface area contributed by atoms with Crippen LogP contribution in [0.2, 0.25) is 0 Å². The van der Waals surface area contributed by atoms with Gasteiger partial charge < -0.3 is 0 Å². The van der Waals surface area contributed by atoms with Crippen molar-refractivity contribution in [3.8, 4) is 11.3 Å². The van der Waals surface area contributed by atoms with Gasteiger partial charge in [-0.05, 0) is 41.7 Å². The van der Waals surface area contributed by atoms with E-state index in [1.54, 1.807) is 18.2 Å². The van der Waals surface area contributed by atoms with Crippen molar-refractivity contribution in [3.63, 3.8) is 0 Å². The smallest absolute Gasteiger partial charge is 0.156 e. The Bertz CT molecular complexity index is 929. The molecule has 2 aromatic carbocycles. The zero-order valence-electron chi connectivity index (χ0n) is 13.4. The predicted octanol–water partition coefficient (Wildman–Crippen LogP) is 4.14. The summed E-state index contributed by atoms with van der Waals surface area (Å²) in [6, 6.07) is 16.1. The highest BCUT2D eigenvalue weighted by molar-refractivity contribution is 6.00. The molecule has 0 spiro atoms. The number of nitrogens with one attached hydrogen (secondary N) is 1. The van der Waals surface area contributed by atoms with Crippen molar-refractivity contribution >= 4 is 11.4 Å². The van der Waals surface area contributed by atoms with Crippen LogP contribution in [-0.4, -0.2) is 21.2 Å². The van der Waals surface area contributed by atoms with E-state index in [1.165, 1.54) is 12.1 Å². The molecule has 1 aliphatic carbocycles. The molecule has 4 rings (SSSR count). The second kappa shape index (κ2) is 6.43. The number of rotatable bonds is 3. The summed E-state index contributed by atoms with van der Waals surface area (Å²) >= 11 is 0. The molecule has 0 bridgehead atoms. The molecule has 1 aliphatic rings. The van der Waals surface area contributed by atoms with Crippen molar-refractivity contribution in [2.75, 3.05) is 0 Å². The molecule has 1 N–H and O–H groups in total. The van der Waals surface area contributed by atoms with E-state index < -0.39 is 0 Å². The van der Waals surface area contributed by atoms with Gasteiger partial charge in [-0.1, -0.05) is 42.5 Å². The average molecular weight is 333 g/mol. The van der Waals surface area contributed by atoms with Crippen molar-refractivity contribution in [2.24, 2.45) is 0 Å². The number of allylic oxidation sites excluding steroid dienone is 2. The second-order valence-corrected chi connectivity index (χ2v) is 6.18. The van der Waals surface area contributed by atoms with E-state index in [4.69, 9.17) is 0 Å². The number of nitrogens with zero attached hydrogens (tertiary/aromatic N) is 2. The summed E-state index contributed by atoms with van der Waals surface area (Å²) in [4.78, 5) is 12.3. The fourth-order valence-corrected chi connectivity index (χ4v) is 3.28. The summed E-state index contributed by atoms with van der Waals surface area (Å²) in [5, 5.41) is 11.2. The Morgan fingerprint density at radius 1 is 0.920 bits per heavy atom. The highest BCUT2D eigenvalue weighted by atomic mass is 19.1. The second-order valence-electron chi connectivity index (χ2n) is 6.18. The number of carbonyl (C=O) groups excluding carboxylic acids is 1. The zero-order valence-corrected chi connectivity index (χ0v) is 13.4. The minimum atomic E-state index is -0.274. The Morgan fingerprint density at radius 2 is 1.64 bits per heavy atom. The van der Waals surface area contributed by atoms with Crippen LogP contribution < -0.4 is 0 Å². The minimum Gasteiger partial charge on any atom is -0.295 e. The molecule has 25 heavy (non-hydrogen) atoms. The van der Waals surface area contributed by atoms with Gasteiger partial charge >= 0.3 is 0 Å². The number of carbonyl (C=O) groups is 1. The molecular formula is C20H16FN3O. The number of benzene rings is 2. The van der Waals surface area contributed by atoms with Crippen molar-refractivity contribution in [1.29, 1.82) is 0 Å². The third kappa shape index (κ3) is 3.13. The third-order valence-electron chi connectivity index (χ3n) is 4.49. The van der Waals surface area contributed by atoms with Gasteiger partial charge in [-0.25, -0.2) is 4.39 Å². The molecule has 1 heterocycles. The van der Waals surface area contributed by atoms with E-state index in [9.17, 15) is 9.18 Å². The monoisotopic (exact) mass is 333 g/mol. The van der Waals surface area contributed by atoms with Crippen LogP contribution in [0.3, 0.4) is 0 Å². The molecule has 0 radical (unpaired) electrons. The molecule has 1 aromatic heterocycles. The van der Waals surface area contributed by atoms with Crippen LogP contribution in [0.15, 0.2) is 60.7 Å². The number of ketones is 1. The first-order valence-corrected chi connectivity index (χ1v) is 8.16.